The third-order valence-electron chi connectivity index (χ3n) is 6.93. The number of carbonyl (C=O) groups excluding carboxylic acids is 2. The van der Waals surface area contributed by atoms with Crippen molar-refractivity contribution in [1.82, 2.24) is 4.98 Å². The van der Waals surface area contributed by atoms with E-state index in [-0.39, 0.29) is 36.9 Å². The summed E-state index contributed by atoms with van der Waals surface area (Å²) in [6.07, 6.45) is -0.942. The minimum absolute atomic E-state index is 0.114. The van der Waals surface area contributed by atoms with Gasteiger partial charge in [0.15, 0.2) is 0 Å². The fraction of sp³-hybridized carbons (Fsp3) is 0.720. The summed E-state index contributed by atoms with van der Waals surface area (Å²) >= 11 is 1.54. The molecule has 3 heterocycles. The molecule has 7 atom stereocenters. The molecule has 2 aliphatic heterocycles. The molecule has 0 unspecified atom stereocenters. The number of hydrogen-bond donors (Lipinski definition) is 2. The van der Waals surface area contributed by atoms with Crippen molar-refractivity contribution in [2.75, 3.05) is 13.2 Å². The Morgan fingerprint density at radius 2 is 1.91 bits per heavy atom. The first kappa shape index (κ1) is 26.9. The Labute approximate surface area is 205 Å². The molecule has 0 aliphatic carbocycles. The third-order valence-corrected chi connectivity index (χ3v) is 7.72. The zero-order valence-corrected chi connectivity index (χ0v) is 21.6. The largest absolute Gasteiger partial charge is 0.458 e. The number of carbonyl (C=O) groups is 2. The van der Waals surface area contributed by atoms with Crippen molar-refractivity contribution in [3.8, 4) is 0 Å². The molecule has 0 saturated carbocycles. The lowest BCUT2D eigenvalue weighted by atomic mass is 9.73. The maximum Gasteiger partial charge on any atom is 0.309 e. The molecule has 0 bridgehead atoms. The van der Waals surface area contributed by atoms with E-state index in [1.165, 1.54) is 0 Å². The smallest absolute Gasteiger partial charge is 0.309 e. The maximum atomic E-state index is 13.1. The molecule has 1 aromatic rings. The minimum atomic E-state index is -1.25. The van der Waals surface area contributed by atoms with Crippen LogP contribution in [0.1, 0.15) is 58.2 Å². The highest BCUT2D eigenvalue weighted by Crippen LogP contribution is 2.34. The molecule has 8 nitrogen and oxygen atoms in total. The lowest BCUT2D eigenvalue weighted by Crippen LogP contribution is -2.46. The Balaban J connectivity index is 1.81. The summed E-state index contributed by atoms with van der Waals surface area (Å²) in [5, 5.41) is 24.4. The van der Waals surface area contributed by atoms with Gasteiger partial charge in [-0.3, -0.25) is 9.59 Å². The number of aliphatic hydroxyl groups is 2. The summed E-state index contributed by atoms with van der Waals surface area (Å²) in [6.45, 7) is 11.1. The van der Waals surface area contributed by atoms with Crippen molar-refractivity contribution in [3.05, 3.63) is 21.7 Å². The first-order chi connectivity index (χ1) is 15.9. The number of aromatic nitrogens is 1. The summed E-state index contributed by atoms with van der Waals surface area (Å²) in [7, 11) is 0. The second-order valence-electron chi connectivity index (χ2n) is 10.2. The van der Waals surface area contributed by atoms with E-state index in [1.807, 2.05) is 32.2 Å². The predicted octanol–water partition coefficient (Wildman–Crippen LogP) is 2.93. The van der Waals surface area contributed by atoms with Gasteiger partial charge in [-0.1, -0.05) is 27.7 Å². The number of esters is 1. The van der Waals surface area contributed by atoms with Gasteiger partial charge in [-0.05, 0) is 25.5 Å². The van der Waals surface area contributed by atoms with Crippen LogP contribution in [0, 0.1) is 24.2 Å². The molecule has 9 heteroatoms. The molecule has 0 radical (unpaired) electrons. The van der Waals surface area contributed by atoms with Crippen LogP contribution in [0.25, 0.3) is 6.08 Å². The number of ether oxygens (including phenoxy) is 3. The van der Waals surface area contributed by atoms with Crippen LogP contribution in [0.15, 0.2) is 11.0 Å². The van der Waals surface area contributed by atoms with Crippen molar-refractivity contribution in [2.45, 2.75) is 84.9 Å². The average molecular weight is 496 g/mol. The van der Waals surface area contributed by atoms with E-state index in [0.717, 1.165) is 16.3 Å². The van der Waals surface area contributed by atoms with Crippen LogP contribution >= 0.6 is 11.3 Å². The molecule has 34 heavy (non-hydrogen) atoms. The molecule has 2 aliphatic rings. The van der Waals surface area contributed by atoms with Crippen molar-refractivity contribution in [3.63, 3.8) is 0 Å². The molecule has 0 spiro atoms. The van der Waals surface area contributed by atoms with Crippen LogP contribution in [0.3, 0.4) is 0 Å². The Morgan fingerprint density at radius 1 is 1.21 bits per heavy atom. The van der Waals surface area contributed by atoms with Crippen LogP contribution in [0.5, 0.6) is 0 Å². The van der Waals surface area contributed by atoms with Crippen molar-refractivity contribution in [2.24, 2.45) is 17.3 Å². The van der Waals surface area contributed by atoms with Gasteiger partial charge in [-0.15, -0.1) is 11.3 Å². The number of aryl methyl sites for hydroxylation is 1. The number of cyclic esters (lactones) is 1. The van der Waals surface area contributed by atoms with E-state index >= 15 is 0 Å². The highest BCUT2D eigenvalue weighted by Gasteiger charge is 2.44. The lowest BCUT2D eigenvalue weighted by molar-refractivity contribution is -0.154. The summed E-state index contributed by atoms with van der Waals surface area (Å²) in [6, 6.07) is 0. The van der Waals surface area contributed by atoms with Gasteiger partial charge in [0.1, 0.15) is 18.0 Å². The topological polar surface area (TPSA) is 118 Å². The zero-order valence-electron chi connectivity index (χ0n) is 20.8. The van der Waals surface area contributed by atoms with Gasteiger partial charge in [0.05, 0.1) is 54.1 Å². The molecule has 2 N–H and O–H groups in total. The number of hydrogen-bond acceptors (Lipinski definition) is 9. The number of thiazole rings is 1. The minimum Gasteiger partial charge on any atom is -0.458 e. The number of epoxide rings is 1. The standard InChI is InChI=1S/C25H37NO7S/c1-13(7-17-12-34-16(4)26-17)18-8-19-20(32-19)11-31-10-14(2)23(29)15(3)24(30)25(5,6)21(27)9-22(28)33-18/h7,12,14-15,18-21,23,27,29H,8-11H2,1-6H3/t14-,15+,18-,19-,20+,21-,23-/m0/s1. The molecule has 1 aromatic heterocycles. The second-order valence-corrected chi connectivity index (χ2v) is 11.3. The van der Waals surface area contributed by atoms with Crippen LogP contribution < -0.4 is 0 Å². The van der Waals surface area contributed by atoms with Gasteiger partial charge in [0, 0.05) is 23.6 Å². The van der Waals surface area contributed by atoms with Crippen LogP contribution in [-0.4, -0.2) is 70.7 Å². The number of fused-ring (bicyclic) bond motifs is 1. The molecule has 2 saturated heterocycles. The summed E-state index contributed by atoms with van der Waals surface area (Å²) in [5.41, 5.74) is 0.387. The molecule has 3 rings (SSSR count). The molecule has 0 amide bonds. The Kier molecular flexibility index (Phi) is 8.68. The van der Waals surface area contributed by atoms with Crippen molar-refractivity contribution >= 4 is 29.2 Å². The maximum absolute atomic E-state index is 13.1. The van der Waals surface area contributed by atoms with Gasteiger partial charge in [0.25, 0.3) is 0 Å². The first-order valence-electron chi connectivity index (χ1n) is 11.8. The van der Waals surface area contributed by atoms with Crippen LogP contribution in [0.4, 0.5) is 0 Å². The quantitative estimate of drug-likeness (QED) is 0.475. The number of aliphatic hydroxyl groups excluding tert-OH is 2. The SMILES string of the molecule is CC(=Cc1csc(C)n1)[C@@H]1C[C@@H]2O[C@@H]2COC[C@H](C)[C@H](O)[C@@H](C)C(=O)C(C)(C)[C@@H](O)CC(=O)O1. The van der Waals surface area contributed by atoms with Gasteiger partial charge >= 0.3 is 5.97 Å². The van der Waals surface area contributed by atoms with Crippen molar-refractivity contribution in [1.29, 1.82) is 0 Å². The van der Waals surface area contributed by atoms with Gasteiger partial charge < -0.3 is 24.4 Å². The lowest BCUT2D eigenvalue weighted by Gasteiger charge is -2.34. The number of ketones is 1. The monoisotopic (exact) mass is 495 g/mol. The Hall–Kier alpha value is -1.65. The average Bonchev–Trinajstić information content (AvgIpc) is 3.38. The normalized spacial score (nSPS) is 36.0. The van der Waals surface area contributed by atoms with Crippen molar-refractivity contribution < 1.29 is 34.0 Å². The van der Waals surface area contributed by atoms with Crippen LogP contribution in [0.2, 0.25) is 0 Å². The third kappa shape index (κ3) is 6.51. The second kappa shape index (κ2) is 11.0. The number of rotatable bonds is 2. The number of Topliss-reactive ketones (excluding diaryl/α,β-unsaturated/α-hetero) is 1. The highest BCUT2D eigenvalue weighted by atomic mass is 32.1. The van der Waals surface area contributed by atoms with E-state index in [2.05, 4.69) is 4.98 Å². The summed E-state index contributed by atoms with van der Waals surface area (Å²) in [4.78, 5) is 30.4. The molecular weight excluding hydrogens is 458 g/mol. The van der Waals surface area contributed by atoms with Crippen LogP contribution in [-0.2, 0) is 23.8 Å². The fourth-order valence-corrected chi connectivity index (χ4v) is 4.90. The molecule has 2 fully saturated rings. The molecule has 0 aromatic carbocycles. The Bertz CT molecular complexity index is 911. The van der Waals surface area contributed by atoms with Gasteiger partial charge in [-0.25, -0.2) is 4.98 Å². The highest BCUT2D eigenvalue weighted by molar-refractivity contribution is 7.09. The van der Waals surface area contributed by atoms with E-state index in [9.17, 15) is 19.8 Å². The Morgan fingerprint density at radius 3 is 2.56 bits per heavy atom. The van der Waals surface area contributed by atoms with Gasteiger partial charge in [0.2, 0.25) is 0 Å². The van der Waals surface area contributed by atoms with Gasteiger partial charge in [-0.2, -0.15) is 0 Å². The van der Waals surface area contributed by atoms with E-state index in [1.54, 1.807) is 32.1 Å². The first-order valence-corrected chi connectivity index (χ1v) is 12.7. The zero-order chi connectivity index (χ0) is 25.2. The van der Waals surface area contributed by atoms with E-state index in [4.69, 9.17) is 14.2 Å². The number of nitrogens with zero attached hydrogens (tertiary/aromatic N) is 1. The predicted molar refractivity (Wildman–Crippen MR) is 128 cm³/mol. The fourth-order valence-electron chi connectivity index (χ4n) is 4.33. The van der Waals surface area contributed by atoms with E-state index in [0.29, 0.717) is 13.0 Å². The summed E-state index contributed by atoms with van der Waals surface area (Å²) < 4.78 is 17.3. The molecular formula is C25H37NO7S. The van der Waals surface area contributed by atoms with E-state index < -0.39 is 35.6 Å². The molecule has 190 valence electrons. The summed E-state index contributed by atoms with van der Waals surface area (Å²) in [5.74, 6) is -1.91.